The van der Waals surface area contributed by atoms with Gasteiger partial charge in [-0.1, -0.05) is 12.1 Å². The van der Waals surface area contributed by atoms with Crippen LogP contribution >= 0.6 is 0 Å². The molecule has 0 radical (unpaired) electrons. The second-order valence-corrected chi connectivity index (χ2v) is 8.32. The molecule has 2 aromatic carbocycles. The molecule has 1 aliphatic heterocycles. The number of carbonyl (C=O) groups is 2. The Labute approximate surface area is 169 Å². The average molecular weight is 417 g/mol. The highest BCUT2D eigenvalue weighted by Crippen LogP contribution is 2.16. The van der Waals surface area contributed by atoms with Crippen molar-refractivity contribution in [3.63, 3.8) is 0 Å². The first-order valence-corrected chi connectivity index (χ1v) is 10.8. The lowest BCUT2D eigenvalue weighted by Gasteiger charge is -2.11. The molecule has 1 atom stereocenters. The van der Waals surface area contributed by atoms with E-state index in [1.54, 1.807) is 36.4 Å². The van der Waals surface area contributed by atoms with Gasteiger partial charge in [0, 0.05) is 24.4 Å². The van der Waals surface area contributed by atoms with Crippen LogP contribution in [0.5, 0.6) is 0 Å². The molecule has 1 saturated heterocycles. The minimum Gasteiger partial charge on any atom is -0.368 e. The smallest absolute Gasteiger partial charge is 0.253 e. The van der Waals surface area contributed by atoms with Crippen LogP contribution in [0.3, 0.4) is 0 Å². The quantitative estimate of drug-likeness (QED) is 0.628. The van der Waals surface area contributed by atoms with Gasteiger partial charge in [0.2, 0.25) is 10.0 Å². The zero-order chi connectivity index (χ0) is 20.9. The Morgan fingerprint density at radius 3 is 2.34 bits per heavy atom. The van der Waals surface area contributed by atoms with Gasteiger partial charge < -0.3 is 15.4 Å². The Kier molecular flexibility index (Phi) is 6.63. The summed E-state index contributed by atoms with van der Waals surface area (Å²) in [7, 11) is -3.71. The first-order chi connectivity index (χ1) is 13.8. The average Bonchev–Trinajstić information content (AvgIpc) is 3.23. The fourth-order valence-electron chi connectivity index (χ4n) is 2.98. The molecular weight excluding hydrogens is 394 g/mol. The zero-order valence-corrected chi connectivity index (χ0v) is 16.6. The maximum atomic E-state index is 12.2. The van der Waals surface area contributed by atoms with Crippen molar-refractivity contribution in [1.82, 2.24) is 5.32 Å². The van der Waals surface area contributed by atoms with Crippen molar-refractivity contribution in [3.05, 3.63) is 59.7 Å². The Morgan fingerprint density at radius 1 is 1.07 bits per heavy atom. The van der Waals surface area contributed by atoms with Gasteiger partial charge in [0.25, 0.3) is 11.8 Å². The minimum atomic E-state index is -3.71. The van der Waals surface area contributed by atoms with Gasteiger partial charge in [0.15, 0.2) is 0 Å². The van der Waals surface area contributed by atoms with Crippen LogP contribution in [0, 0.1) is 0 Å². The predicted octanol–water partition coefficient (Wildman–Crippen LogP) is 1.42. The molecule has 8 nitrogen and oxygen atoms in total. The molecule has 4 N–H and O–H groups in total. The van der Waals surface area contributed by atoms with Crippen LogP contribution in [0.25, 0.3) is 0 Å². The van der Waals surface area contributed by atoms with Crippen molar-refractivity contribution in [3.8, 4) is 0 Å². The van der Waals surface area contributed by atoms with Crippen molar-refractivity contribution in [2.45, 2.75) is 30.3 Å². The standard InChI is InChI=1S/C20H23N3O5S/c21-29(26,27)17-9-3-14(4-10-17)11-12-22-19(24)15-5-7-16(8-6-15)23-20(25)18-2-1-13-28-18/h3-10,18H,1-2,11-13H2,(H,22,24)(H,23,25)(H2,21,26,27)/t18-/m0/s1. The second-order valence-electron chi connectivity index (χ2n) is 6.76. The van der Waals surface area contributed by atoms with Gasteiger partial charge in [-0.3, -0.25) is 9.59 Å². The van der Waals surface area contributed by atoms with E-state index in [1.165, 1.54) is 12.1 Å². The summed E-state index contributed by atoms with van der Waals surface area (Å²) in [5, 5.41) is 10.7. The summed E-state index contributed by atoms with van der Waals surface area (Å²) in [5.74, 6) is -0.406. The fraction of sp³-hybridized carbons (Fsp3) is 0.300. The lowest BCUT2D eigenvalue weighted by molar-refractivity contribution is -0.124. The van der Waals surface area contributed by atoms with E-state index in [4.69, 9.17) is 9.88 Å². The third-order valence-corrected chi connectivity index (χ3v) is 5.52. The van der Waals surface area contributed by atoms with E-state index >= 15 is 0 Å². The highest BCUT2D eigenvalue weighted by Gasteiger charge is 2.23. The molecule has 2 aromatic rings. The second kappa shape index (κ2) is 9.17. The molecule has 154 valence electrons. The lowest BCUT2D eigenvalue weighted by atomic mass is 10.1. The van der Waals surface area contributed by atoms with Crippen molar-refractivity contribution in [1.29, 1.82) is 0 Å². The van der Waals surface area contributed by atoms with Crippen LogP contribution in [0.4, 0.5) is 5.69 Å². The number of rotatable bonds is 7. The van der Waals surface area contributed by atoms with Gasteiger partial charge in [-0.05, 0) is 61.2 Å². The van der Waals surface area contributed by atoms with Crippen molar-refractivity contribution in [2.75, 3.05) is 18.5 Å². The van der Waals surface area contributed by atoms with Crippen LogP contribution in [0.1, 0.15) is 28.8 Å². The summed E-state index contributed by atoms with van der Waals surface area (Å²) < 4.78 is 27.8. The van der Waals surface area contributed by atoms with Gasteiger partial charge in [0.05, 0.1) is 4.90 Å². The molecule has 9 heteroatoms. The summed E-state index contributed by atoms with van der Waals surface area (Å²) in [5.41, 5.74) is 1.96. The van der Waals surface area contributed by atoms with Gasteiger partial charge in [-0.15, -0.1) is 0 Å². The number of carbonyl (C=O) groups excluding carboxylic acids is 2. The first-order valence-electron chi connectivity index (χ1n) is 9.25. The van der Waals surface area contributed by atoms with Gasteiger partial charge in [0.1, 0.15) is 6.10 Å². The third kappa shape index (κ3) is 5.86. The predicted molar refractivity (Wildman–Crippen MR) is 108 cm³/mol. The molecule has 2 amide bonds. The van der Waals surface area contributed by atoms with E-state index in [0.717, 1.165) is 18.4 Å². The maximum absolute atomic E-state index is 12.2. The normalized spacial score (nSPS) is 16.4. The van der Waals surface area contributed by atoms with E-state index in [1.807, 2.05) is 0 Å². The molecule has 1 fully saturated rings. The van der Waals surface area contributed by atoms with E-state index < -0.39 is 16.1 Å². The number of anilines is 1. The molecule has 0 aliphatic carbocycles. The highest BCUT2D eigenvalue weighted by molar-refractivity contribution is 7.89. The van der Waals surface area contributed by atoms with E-state index in [-0.39, 0.29) is 16.7 Å². The number of amides is 2. The van der Waals surface area contributed by atoms with Crippen molar-refractivity contribution >= 4 is 27.5 Å². The number of primary sulfonamides is 1. The number of hydrogen-bond donors (Lipinski definition) is 3. The van der Waals surface area contributed by atoms with E-state index in [0.29, 0.717) is 30.8 Å². The summed E-state index contributed by atoms with van der Waals surface area (Å²) in [6.07, 6.45) is 1.74. The van der Waals surface area contributed by atoms with Gasteiger partial charge in [-0.25, -0.2) is 13.6 Å². The SMILES string of the molecule is NS(=O)(=O)c1ccc(CCNC(=O)c2ccc(NC(=O)[C@@H]3CCCO3)cc2)cc1. The zero-order valence-electron chi connectivity index (χ0n) is 15.8. The number of sulfonamides is 1. The number of ether oxygens (including phenoxy) is 1. The van der Waals surface area contributed by atoms with Crippen LogP contribution in [-0.4, -0.2) is 39.5 Å². The third-order valence-electron chi connectivity index (χ3n) is 4.59. The summed E-state index contributed by atoms with van der Waals surface area (Å²) in [4.78, 5) is 24.3. The van der Waals surface area contributed by atoms with Crippen molar-refractivity contribution < 1.29 is 22.7 Å². The Morgan fingerprint density at radius 2 is 1.76 bits per heavy atom. The largest absolute Gasteiger partial charge is 0.368 e. The van der Waals surface area contributed by atoms with E-state index in [2.05, 4.69) is 10.6 Å². The number of benzene rings is 2. The molecule has 0 saturated carbocycles. The van der Waals surface area contributed by atoms with Crippen LogP contribution in [-0.2, 0) is 26.0 Å². The fourth-order valence-corrected chi connectivity index (χ4v) is 3.50. The lowest BCUT2D eigenvalue weighted by Crippen LogP contribution is -2.27. The summed E-state index contributed by atoms with van der Waals surface area (Å²) in [6, 6.07) is 12.8. The van der Waals surface area contributed by atoms with Gasteiger partial charge in [-0.2, -0.15) is 0 Å². The molecular formula is C20H23N3O5S. The molecule has 3 rings (SSSR count). The highest BCUT2D eigenvalue weighted by atomic mass is 32.2. The summed E-state index contributed by atoms with van der Waals surface area (Å²) in [6.45, 7) is 0.999. The molecule has 0 bridgehead atoms. The monoisotopic (exact) mass is 417 g/mol. The number of nitrogens with one attached hydrogen (secondary N) is 2. The molecule has 29 heavy (non-hydrogen) atoms. The van der Waals surface area contributed by atoms with Gasteiger partial charge >= 0.3 is 0 Å². The Balaban J connectivity index is 1.47. The Bertz CT molecular complexity index is 966. The van der Waals surface area contributed by atoms with Crippen molar-refractivity contribution in [2.24, 2.45) is 5.14 Å². The minimum absolute atomic E-state index is 0.0527. The van der Waals surface area contributed by atoms with Crippen LogP contribution in [0.2, 0.25) is 0 Å². The Hall–Kier alpha value is -2.75. The maximum Gasteiger partial charge on any atom is 0.253 e. The molecule has 1 aliphatic rings. The molecule has 0 spiro atoms. The summed E-state index contributed by atoms with van der Waals surface area (Å²) >= 11 is 0. The van der Waals surface area contributed by atoms with Crippen LogP contribution in [0.15, 0.2) is 53.4 Å². The first kappa shape index (κ1) is 21.0. The molecule has 0 unspecified atom stereocenters. The number of nitrogens with two attached hydrogens (primary N) is 1. The molecule has 1 heterocycles. The van der Waals surface area contributed by atoms with E-state index in [9.17, 15) is 18.0 Å². The number of hydrogen-bond acceptors (Lipinski definition) is 5. The molecule has 0 aromatic heterocycles. The topological polar surface area (TPSA) is 128 Å². The van der Waals surface area contributed by atoms with Crippen LogP contribution < -0.4 is 15.8 Å².